The van der Waals surface area contributed by atoms with Crippen LogP contribution in [0.15, 0.2) is 28.4 Å². The molecule has 1 saturated heterocycles. The van der Waals surface area contributed by atoms with Crippen molar-refractivity contribution in [1.82, 2.24) is 5.32 Å². The van der Waals surface area contributed by atoms with E-state index in [9.17, 15) is 0 Å². The van der Waals surface area contributed by atoms with E-state index in [2.05, 4.69) is 16.4 Å². The number of fused-ring (bicyclic) bond motifs is 3. The van der Waals surface area contributed by atoms with Crippen LogP contribution >= 0.6 is 0 Å². The second kappa shape index (κ2) is 3.35. The normalized spacial score (nSPS) is 35.4. The molecule has 3 aliphatic rings. The molecule has 0 bridgehead atoms. The van der Waals surface area contributed by atoms with Crippen molar-refractivity contribution in [3.05, 3.63) is 23.4 Å². The van der Waals surface area contributed by atoms with E-state index in [1.54, 1.807) is 0 Å². The van der Waals surface area contributed by atoms with Gasteiger partial charge in [0.25, 0.3) is 0 Å². The maximum Gasteiger partial charge on any atom is 0.0373 e. The Balaban J connectivity index is 1.91. The van der Waals surface area contributed by atoms with Gasteiger partial charge < -0.3 is 5.32 Å². The maximum absolute atomic E-state index is 4.25. The standard InChI is InChI=1S/C12H16N2/c1-2-6-14-12-9(3-1)4-5-10-7-13-8-11(10)12/h5,7-9,12,14H,1-4,6H2. The molecule has 3 rings (SSSR count). The fourth-order valence-electron chi connectivity index (χ4n) is 2.80. The molecule has 14 heavy (non-hydrogen) atoms. The molecule has 1 aliphatic carbocycles. The molecule has 2 unspecified atom stereocenters. The molecule has 2 atom stereocenters. The van der Waals surface area contributed by atoms with E-state index >= 15 is 0 Å². The van der Waals surface area contributed by atoms with Gasteiger partial charge in [-0.05, 0) is 42.9 Å². The summed E-state index contributed by atoms with van der Waals surface area (Å²) in [6.45, 7) is 1.17. The van der Waals surface area contributed by atoms with E-state index in [0.29, 0.717) is 6.04 Å². The second-order valence-electron chi connectivity index (χ2n) is 4.45. The smallest absolute Gasteiger partial charge is 0.0373 e. The summed E-state index contributed by atoms with van der Waals surface area (Å²) in [5.41, 5.74) is 2.80. The summed E-state index contributed by atoms with van der Waals surface area (Å²) < 4.78 is 0. The minimum Gasteiger partial charge on any atom is -0.310 e. The minimum atomic E-state index is 0.583. The van der Waals surface area contributed by atoms with Gasteiger partial charge in [0.15, 0.2) is 0 Å². The molecule has 2 heterocycles. The predicted octanol–water partition coefficient (Wildman–Crippen LogP) is 2.04. The molecule has 1 fully saturated rings. The third-order valence-electron chi connectivity index (χ3n) is 3.57. The summed E-state index contributed by atoms with van der Waals surface area (Å²) >= 11 is 0. The zero-order valence-electron chi connectivity index (χ0n) is 8.37. The molecule has 2 nitrogen and oxygen atoms in total. The van der Waals surface area contributed by atoms with Gasteiger partial charge in [-0.25, -0.2) is 0 Å². The Morgan fingerprint density at radius 1 is 1.36 bits per heavy atom. The van der Waals surface area contributed by atoms with Crippen LogP contribution in [0.4, 0.5) is 0 Å². The number of aliphatic imine (C=N–C) groups is 1. The highest BCUT2D eigenvalue weighted by Gasteiger charge is 2.31. The first-order valence-corrected chi connectivity index (χ1v) is 5.62. The van der Waals surface area contributed by atoms with Crippen molar-refractivity contribution in [3.63, 3.8) is 0 Å². The number of rotatable bonds is 0. The summed E-state index contributed by atoms with van der Waals surface area (Å²) in [6.07, 6.45) is 11.7. The first kappa shape index (κ1) is 8.42. The molecule has 2 heteroatoms. The molecule has 74 valence electrons. The van der Waals surface area contributed by atoms with Gasteiger partial charge in [-0.3, -0.25) is 4.99 Å². The van der Waals surface area contributed by atoms with Crippen molar-refractivity contribution < 1.29 is 0 Å². The van der Waals surface area contributed by atoms with Crippen LogP contribution in [0.1, 0.15) is 25.7 Å². The number of nitrogens with one attached hydrogen (secondary N) is 1. The Morgan fingerprint density at radius 2 is 2.36 bits per heavy atom. The van der Waals surface area contributed by atoms with Crippen molar-refractivity contribution in [2.45, 2.75) is 31.7 Å². The minimum absolute atomic E-state index is 0.583. The highest BCUT2D eigenvalue weighted by molar-refractivity contribution is 5.89. The predicted molar refractivity (Wildman–Crippen MR) is 58.4 cm³/mol. The van der Waals surface area contributed by atoms with Gasteiger partial charge in [0.05, 0.1) is 0 Å². The topological polar surface area (TPSA) is 24.4 Å². The van der Waals surface area contributed by atoms with E-state index in [1.807, 2.05) is 12.4 Å². The van der Waals surface area contributed by atoms with Crippen LogP contribution < -0.4 is 5.32 Å². The van der Waals surface area contributed by atoms with Gasteiger partial charge in [0, 0.05) is 18.5 Å². The lowest BCUT2D eigenvalue weighted by Crippen LogP contribution is -2.38. The third-order valence-corrected chi connectivity index (χ3v) is 3.57. The van der Waals surface area contributed by atoms with Crippen molar-refractivity contribution in [2.75, 3.05) is 6.54 Å². The van der Waals surface area contributed by atoms with Crippen LogP contribution in [0.5, 0.6) is 0 Å². The fraction of sp³-hybridized carbons (Fsp3) is 0.583. The van der Waals surface area contributed by atoms with Crippen molar-refractivity contribution >= 4 is 6.21 Å². The zero-order chi connectivity index (χ0) is 9.38. The Labute approximate surface area is 84.8 Å². The second-order valence-corrected chi connectivity index (χ2v) is 4.45. The van der Waals surface area contributed by atoms with Crippen LogP contribution in [0.3, 0.4) is 0 Å². The Kier molecular flexibility index (Phi) is 2.02. The maximum atomic E-state index is 4.25. The number of hydrogen-bond donors (Lipinski definition) is 1. The summed E-state index contributed by atoms with van der Waals surface area (Å²) in [5.74, 6) is 0.814. The third kappa shape index (κ3) is 1.25. The highest BCUT2D eigenvalue weighted by atomic mass is 14.9. The van der Waals surface area contributed by atoms with E-state index in [-0.39, 0.29) is 0 Å². The highest BCUT2D eigenvalue weighted by Crippen LogP contribution is 2.34. The molecule has 0 radical (unpaired) electrons. The largest absolute Gasteiger partial charge is 0.310 e. The summed E-state index contributed by atoms with van der Waals surface area (Å²) in [7, 11) is 0. The average Bonchev–Trinajstić information content (AvgIpc) is 2.55. The van der Waals surface area contributed by atoms with Crippen molar-refractivity contribution in [2.24, 2.45) is 10.9 Å². The Hall–Kier alpha value is -0.890. The Morgan fingerprint density at radius 3 is 3.36 bits per heavy atom. The quantitative estimate of drug-likeness (QED) is 0.618. The van der Waals surface area contributed by atoms with Gasteiger partial charge in [-0.15, -0.1) is 0 Å². The molecular formula is C12H16N2. The van der Waals surface area contributed by atoms with Crippen molar-refractivity contribution in [3.8, 4) is 0 Å². The van der Waals surface area contributed by atoms with Crippen LogP contribution in [0, 0.1) is 5.92 Å². The first-order valence-electron chi connectivity index (χ1n) is 5.62. The molecule has 0 aromatic rings. The van der Waals surface area contributed by atoms with Gasteiger partial charge in [0.1, 0.15) is 0 Å². The Bertz CT molecular complexity index is 325. The van der Waals surface area contributed by atoms with Crippen LogP contribution in [0.25, 0.3) is 0 Å². The summed E-state index contributed by atoms with van der Waals surface area (Å²) in [5, 5.41) is 3.67. The number of allylic oxidation sites excluding steroid dienone is 1. The molecule has 0 saturated carbocycles. The van der Waals surface area contributed by atoms with Crippen molar-refractivity contribution in [1.29, 1.82) is 0 Å². The lowest BCUT2D eigenvalue weighted by molar-refractivity contribution is 0.397. The lowest BCUT2D eigenvalue weighted by atomic mass is 9.80. The average molecular weight is 188 g/mol. The molecule has 0 aromatic heterocycles. The number of hydrogen-bond acceptors (Lipinski definition) is 2. The molecule has 0 aromatic carbocycles. The van der Waals surface area contributed by atoms with E-state index in [1.165, 1.54) is 43.4 Å². The summed E-state index contributed by atoms with van der Waals surface area (Å²) in [6, 6.07) is 0.583. The van der Waals surface area contributed by atoms with Crippen LogP contribution in [-0.2, 0) is 0 Å². The van der Waals surface area contributed by atoms with E-state index < -0.39 is 0 Å². The molecule has 0 spiro atoms. The van der Waals surface area contributed by atoms with Gasteiger partial charge >= 0.3 is 0 Å². The van der Waals surface area contributed by atoms with E-state index in [4.69, 9.17) is 0 Å². The SMILES string of the molecule is C1=NC=C2C1=CCC1CCCCNC21. The molecule has 2 aliphatic heterocycles. The van der Waals surface area contributed by atoms with Gasteiger partial charge in [-0.1, -0.05) is 12.5 Å². The monoisotopic (exact) mass is 188 g/mol. The molecule has 1 N–H and O–H groups in total. The lowest BCUT2D eigenvalue weighted by Gasteiger charge is -2.30. The van der Waals surface area contributed by atoms with Gasteiger partial charge in [-0.2, -0.15) is 0 Å². The molecule has 0 amide bonds. The molecular weight excluding hydrogens is 172 g/mol. The first-order chi connectivity index (χ1) is 6.95. The zero-order valence-corrected chi connectivity index (χ0v) is 8.37. The summed E-state index contributed by atoms with van der Waals surface area (Å²) in [4.78, 5) is 4.25. The van der Waals surface area contributed by atoms with Crippen LogP contribution in [0.2, 0.25) is 0 Å². The van der Waals surface area contributed by atoms with E-state index in [0.717, 1.165) is 5.92 Å². The fourth-order valence-corrected chi connectivity index (χ4v) is 2.80. The number of nitrogens with zero attached hydrogens (tertiary/aromatic N) is 1. The van der Waals surface area contributed by atoms with Crippen LogP contribution in [-0.4, -0.2) is 18.8 Å². The van der Waals surface area contributed by atoms with Gasteiger partial charge in [0.2, 0.25) is 0 Å².